The third-order valence-corrected chi connectivity index (χ3v) is 5.61. The first-order valence-corrected chi connectivity index (χ1v) is 8.17. The molecule has 0 amide bonds. The van der Waals surface area contributed by atoms with E-state index in [9.17, 15) is 17.6 Å². The molecule has 0 aliphatic rings. The third-order valence-electron chi connectivity index (χ3n) is 2.67. The molecule has 0 fully saturated rings. The SMILES string of the molecule is Cc1ccc(F)cc1NS(=O)(=O)c1ccc(CC(=O)O)s1. The van der Waals surface area contributed by atoms with Crippen LogP contribution in [0.15, 0.2) is 34.5 Å². The number of hydrogen-bond acceptors (Lipinski definition) is 4. The van der Waals surface area contributed by atoms with Crippen molar-refractivity contribution >= 4 is 33.0 Å². The van der Waals surface area contributed by atoms with Crippen LogP contribution in [0.3, 0.4) is 0 Å². The van der Waals surface area contributed by atoms with Gasteiger partial charge in [0, 0.05) is 4.88 Å². The minimum atomic E-state index is -3.86. The predicted molar refractivity (Wildman–Crippen MR) is 77.6 cm³/mol. The lowest BCUT2D eigenvalue weighted by molar-refractivity contribution is -0.136. The van der Waals surface area contributed by atoms with E-state index in [2.05, 4.69) is 4.72 Å². The Morgan fingerprint density at radius 3 is 2.71 bits per heavy atom. The molecule has 2 aromatic rings. The van der Waals surface area contributed by atoms with Gasteiger partial charge in [-0.25, -0.2) is 12.8 Å². The van der Waals surface area contributed by atoms with E-state index in [1.165, 1.54) is 24.3 Å². The van der Waals surface area contributed by atoms with Crippen LogP contribution in [-0.2, 0) is 21.2 Å². The molecule has 0 saturated carbocycles. The number of aryl methyl sites for hydroxylation is 1. The number of hydrogen-bond donors (Lipinski definition) is 2. The summed E-state index contributed by atoms with van der Waals surface area (Å²) in [5.74, 6) is -1.58. The Morgan fingerprint density at radius 2 is 2.05 bits per heavy atom. The molecule has 8 heteroatoms. The molecule has 1 heterocycles. The summed E-state index contributed by atoms with van der Waals surface area (Å²) in [4.78, 5) is 11.0. The van der Waals surface area contributed by atoms with Crippen molar-refractivity contribution in [1.82, 2.24) is 0 Å². The average Bonchev–Trinajstić information content (AvgIpc) is 2.82. The Kier molecular flexibility index (Phi) is 4.29. The number of benzene rings is 1. The highest BCUT2D eigenvalue weighted by Gasteiger charge is 2.19. The minimum absolute atomic E-state index is 0.0117. The zero-order chi connectivity index (χ0) is 15.6. The highest BCUT2D eigenvalue weighted by Crippen LogP contribution is 2.26. The van der Waals surface area contributed by atoms with Crippen LogP contribution >= 0.6 is 11.3 Å². The summed E-state index contributed by atoms with van der Waals surface area (Å²) in [5.41, 5.74) is 0.741. The van der Waals surface area contributed by atoms with E-state index in [0.717, 1.165) is 17.4 Å². The molecular weight excluding hydrogens is 317 g/mol. The van der Waals surface area contributed by atoms with Gasteiger partial charge in [-0.3, -0.25) is 9.52 Å². The molecule has 0 radical (unpaired) electrons. The summed E-state index contributed by atoms with van der Waals surface area (Å²) in [6, 6.07) is 6.59. The average molecular weight is 329 g/mol. The Labute approximate surface area is 125 Å². The van der Waals surface area contributed by atoms with Gasteiger partial charge in [0.05, 0.1) is 12.1 Å². The number of halogens is 1. The van der Waals surface area contributed by atoms with E-state index in [1.807, 2.05) is 0 Å². The lowest BCUT2D eigenvalue weighted by Gasteiger charge is -2.09. The van der Waals surface area contributed by atoms with Gasteiger partial charge in [-0.1, -0.05) is 6.07 Å². The van der Waals surface area contributed by atoms with Crippen LogP contribution in [0.5, 0.6) is 0 Å². The van der Waals surface area contributed by atoms with Crippen LogP contribution in [0, 0.1) is 12.7 Å². The van der Waals surface area contributed by atoms with Gasteiger partial charge in [0.15, 0.2) is 0 Å². The first-order chi connectivity index (χ1) is 9.78. The van der Waals surface area contributed by atoms with Crippen molar-refractivity contribution < 1.29 is 22.7 Å². The topological polar surface area (TPSA) is 83.5 Å². The predicted octanol–water partition coefficient (Wildman–Crippen LogP) is 2.62. The highest BCUT2D eigenvalue weighted by molar-refractivity contribution is 7.94. The number of carboxylic acids is 1. The largest absolute Gasteiger partial charge is 0.481 e. The van der Waals surface area contributed by atoms with Gasteiger partial charge in [-0.05, 0) is 36.8 Å². The van der Waals surface area contributed by atoms with Gasteiger partial charge < -0.3 is 5.11 Å². The number of thiophene rings is 1. The van der Waals surface area contributed by atoms with Crippen molar-refractivity contribution in [2.24, 2.45) is 0 Å². The maximum Gasteiger partial charge on any atom is 0.308 e. The van der Waals surface area contributed by atoms with Crippen LogP contribution in [0.2, 0.25) is 0 Å². The molecule has 1 aromatic carbocycles. The lowest BCUT2D eigenvalue weighted by Crippen LogP contribution is -2.12. The van der Waals surface area contributed by atoms with Crippen LogP contribution in [0.1, 0.15) is 10.4 Å². The standard InChI is InChI=1S/C13H12FNO4S2/c1-8-2-3-9(14)6-11(8)15-21(18,19)13-5-4-10(20-13)7-12(16)17/h2-6,15H,7H2,1H3,(H,16,17). The zero-order valence-electron chi connectivity index (χ0n) is 11.0. The molecular formula is C13H12FNO4S2. The highest BCUT2D eigenvalue weighted by atomic mass is 32.2. The van der Waals surface area contributed by atoms with Crippen molar-refractivity contribution in [1.29, 1.82) is 0 Å². The fraction of sp³-hybridized carbons (Fsp3) is 0.154. The molecule has 112 valence electrons. The summed E-state index contributed by atoms with van der Waals surface area (Å²) in [7, 11) is -3.86. The van der Waals surface area contributed by atoms with E-state index in [1.54, 1.807) is 6.92 Å². The van der Waals surface area contributed by atoms with Gasteiger partial charge in [-0.2, -0.15) is 0 Å². The second kappa shape index (κ2) is 5.82. The van der Waals surface area contributed by atoms with E-state index < -0.39 is 21.8 Å². The maximum absolute atomic E-state index is 13.2. The Hall–Kier alpha value is -1.93. The molecule has 0 aliphatic carbocycles. The Morgan fingerprint density at radius 1 is 1.33 bits per heavy atom. The number of aliphatic carboxylic acids is 1. The van der Waals surface area contributed by atoms with Gasteiger partial charge in [0.1, 0.15) is 10.0 Å². The van der Waals surface area contributed by atoms with Crippen molar-refractivity contribution in [3.63, 3.8) is 0 Å². The number of anilines is 1. The smallest absolute Gasteiger partial charge is 0.308 e. The summed E-state index contributed by atoms with van der Waals surface area (Å²) in [5, 5.41) is 8.68. The maximum atomic E-state index is 13.2. The van der Waals surface area contributed by atoms with Gasteiger partial charge in [0.2, 0.25) is 0 Å². The van der Waals surface area contributed by atoms with Gasteiger partial charge >= 0.3 is 5.97 Å². The second-order valence-corrected chi connectivity index (χ2v) is 7.43. The quantitative estimate of drug-likeness (QED) is 0.883. The second-order valence-electron chi connectivity index (χ2n) is 4.36. The Bertz CT molecular complexity index is 783. The van der Waals surface area contributed by atoms with E-state index in [0.29, 0.717) is 10.4 Å². The summed E-state index contributed by atoms with van der Waals surface area (Å²) >= 11 is 0.872. The molecule has 2 N–H and O–H groups in total. The molecule has 0 bridgehead atoms. The first kappa shape index (κ1) is 15.5. The molecule has 5 nitrogen and oxygen atoms in total. The number of carboxylic acid groups (broad SMARTS) is 1. The Balaban J connectivity index is 2.28. The summed E-state index contributed by atoms with van der Waals surface area (Å²) in [6.07, 6.45) is -0.237. The van der Waals surface area contributed by atoms with Crippen LogP contribution < -0.4 is 4.72 Å². The number of sulfonamides is 1. The van der Waals surface area contributed by atoms with Crippen molar-refractivity contribution in [3.05, 3.63) is 46.6 Å². The molecule has 0 unspecified atom stereocenters. The summed E-state index contributed by atoms with van der Waals surface area (Å²) < 4.78 is 39.9. The fourth-order valence-electron chi connectivity index (χ4n) is 1.65. The van der Waals surface area contributed by atoms with E-state index in [4.69, 9.17) is 5.11 Å². The number of rotatable bonds is 5. The fourth-order valence-corrected chi connectivity index (χ4v) is 4.11. The molecule has 1 aromatic heterocycles. The molecule has 0 atom stereocenters. The zero-order valence-corrected chi connectivity index (χ0v) is 12.6. The van der Waals surface area contributed by atoms with Crippen LogP contribution in [-0.4, -0.2) is 19.5 Å². The van der Waals surface area contributed by atoms with Gasteiger partial charge in [0.25, 0.3) is 10.0 Å². The van der Waals surface area contributed by atoms with E-state index in [-0.39, 0.29) is 16.3 Å². The van der Waals surface area contributed by atoms with Gasteiger partial charge in [-0.15, -0.1) is 11.3 Å². The number of nitrogens with one attached hydrogen (secondary N) is 1. The summed E-state index contributed by atoms with van der Waals surface area (Å²) in [6.45, 7) is 1.65. The van der Waals surface area contributed by atoms with Crippen molar-refractivity contribution in [3.8, 4) is 0 Å². The van der Waals surface area contributed by atoms with E-state index >= 15 is 0 Å². The molecule has 0 saturated heterocycles. The molecule has 21 heavy (non-hydrogen) atoms. The third kappa shape index (κ3) is 3.79. The first-order valence-electron chi connectivity index (χ1n) is 5.87. The normalized spacial score (nSPS) is 11.3. The molecule has 0 spiro atoms. The minimum Gasteiger partial charge on any atom is -0.481 e. The van der Waals surface area contributed by atoms with Crippen molar-refractivity contribution in [2.75, 3.05) is 4.72 Å². The lowest BCUT2D eigenvalue weighted by atomic mass is 10.2. The van der Waals surface area contributed by atoms with Crippen molar-refractivity contribution in [2.45, 2.75) is 17.6 Å². The number of carbonyl (C=O) groups is 1. The van der Waals surface area contributed by atoms with Crippen LogP contribution in [0.25, 0.3) is 0 Å². The monoisotopic (exact) mass is 329 g/mol. The molecule has 0 aliphatic heterocycles. The molecule has 2 rings (SSSR count). The van der Waals surface area contributed by atoms with Crippen LogP contribution in [0.4, 0.5) is 10.1 Å².